The summed E-state index contributed by atoms with van der Waals surface area (Å²) in [7, 11) is 0. The van der Waals surface area contributed by atoms with Crippen molar-refractivity contribution >= 4 is 44.8 Å². The second-order valence-corrected chi connectivity index (χ2v) is 7.60. The highest BCUT2D eigenvalue weighted by atomic mass is 15.1. The van der Waals surface area contributed by atoms with Crippen molar-refractivity contribution < 1.29 is 0 Å². The smallest absolute Gasteiger partial charge is 0.174 e. The van der Waals surface area contributed by atoms with Crippen LogP contribution in [0.2, 0.25) is 0 Å². The minimum atomic E-state index is 0.699. The van der Waals surface area contributed by atoms with Crippen molar-refractivity contribution in [2.24, 2.45) is 0 Å². The van der Waals surface area contributed by atoms with Crippen molar-refractivity contribution in [1.82, 2.24) is 9.97 Å². The lowest BCUT2D eigenvalue weighted by Crippen LogP contribution is -2.03. The molecule has 0 saturated heterocycles. The highest BCUT2D eigenvalue weighted by Gasteiger charge is 2.11. The van der Waals surface area contributed by atoms with E-state index < -0.39 is 0 Å². The number of anilines is 4. The molecule has 4 nitrogen and oxygen atoms in total. The Hall–Kier alpha value is -3.92. The summed E-state index contributed by atoms with van der Waals surface area (Å²) in [4.78, 5) is 9.87. The molecule has 0 fully saturated rings. The molecule has 4 heteroatoms. The van der Waals surface area contributed by atoms with Crippen molar-refractivity contribution in [2.75, 3.05) is 10.6 Å². The Labute approximate surface area is 175 Å². The third-order valence-electron chi connectivity index (χ3n) is 5.09. The lowest BCUT2D eigenvalue weighted by molar-refractivity contribution is 1.27. The Balaban J connectivity index is 1.65. The minimum Gasteiger partial charge on any atom is -0.337 e. The lowest BCUT2D eigenvalue weighted by atomic mass is 10.1. The number of nitrogens with one attached hydrogen (secondary N) is 2. The number of hydrogen-bond acceptors (Lipinski definition) is 4. The number of rotatable bonds is 4. The topological polar surface area (TPSA) is 49.8 Å². The summed E-state index contributed by atoms with van der Waals surface area (Å²) < 4.78 is 0. The number of nitrogens with zero attached hydrogens (tertiary/aromatic N) is 2. The normalized spacial score (nSPS) is 11.0. The summed E-state index contributed by atoms with van der Waals surface area (Å²) >= 11 is 0. The molecule has 0 saturated carbocycles. The Kier molecular flexibility index (Phi) is 4.52. The fourth-order valence-corrected chi connectivity index (χ4v) is 3.64. The number of aryl methyl sites for hydroxylation is 2. The van der Waals surface area contributed by atoms with E-state index in [-0.39, 0.29) is 0 Å². The van der Waals surface area contributed by atoms with Crippen molar-refractivity contribution in [3.8, 4) is 0 Å². The highest BCUT2D eigenvalue weighted by Crippen LogP contribution is 2.30. The summed E-state index contributed by atoms with van der Waals surface area (Å²) in [5, 5.41) is 9.21. The van der Waals surface area contributed by atoms with Crippen molar-refractivity contribution in [3.05, 3.63) is 96.1 Å². The predicted octanol–water partition coefficient (Wildman–Crippen LogP) is 6.89. The lowest BCUT2D eigenvalue weighted by Gasteiger charge is -2.14. The number of benzene rings is 4. The van der Waals surface area contributed by atoms with Crippen LogP contribution in [0.15, 0.2) is 84.9 Å². The van der Waals surface area contributed by atoms with Crippen molar-refractivity contribution in [2.45, 2.75) is 13.8 Å². The second-order valence-electron chi connectivity index (χ2n) is 7.60. The molecule has 0 unspecified atom stereocenters. The average Bonchev–Trinajstić information content (AvgIpc) is 2.73. The van der Waals surface area contributed by atoms with E-state index in [0.717, 1.165) is 33.2 Å². The van der Waals surface area contributed by atoms with Gasteiger partial charge in [0.25, 0.3) is 0 Å². The van der Waals surface area contributed by atoms with E-state index in [1.807, 2.05) is 36.4 Å². The van der Waals surface area contributed by atoms with Gasteiger partial charge in [-0.25, -0.2) is 9.97 Å². The van der Waals surface area contributed by atoms with Gasteiger partial charge in [0, 0.05) is 11.4 Å². The summed E-state index contributed by atoms with van der Waals surface area (Å²) in [6, 6.07) is 29.0. The fraction of sp³-hybridized carbons (Fsp3) is 0.0769. The van der Waals surface area contributed by atoms with Gasteiger partial charge in [-0.3, -0.25) is 0 Å². The van der Waals surface area contributed by atoms with Gasteiger partial charge in [0.05, 0.1) is 11.0 Å². The van der Waals surface area contributed by atoms with Crippen molar-refractivity contribution in [3.63, 3.8) is 0 Å². The molecule has 0 aliphatic carbocycles. The van der Waals surface area contributed by atoms with Crippen LogP contribution in [0.5, 0.6) is 0 Å². The Morgan fingerprint density at radius 3 is 1.43 bits per heavy atom. The maximum atomic E-state index is 4.93. The zero-order valence-electron chi connectivity index (χ0n) is 17.0. The quantitative estimate of drug-likeness (QED) is 0.328. The van der Waals surface area contributed by atoms with Gasteiger partial charge in [-0.2, -0.15) is 0 Å². The molecule has 1 aromatic heterocycles. The molecule has 5 aromatic rings. The number of fused-ring (bicyclic) bond motifs is 2. The Morgan fingerprint density at radius 1 is 0.533 bits per heavy atom. The van der Waals surface area contributed by atoms with E-state index in [9.17, 15) is 0 Å². The summed E-state index contributed by atoms with van der Waals surface area (Å²) in [5.41, 5.74) is 6.06. The van der Waals surface area contributed by atoms with Crippen LogP contribution in [0.3, 0.4) is 0 Å². The van der Waals surface area contributed by atoms with Crippen LogP contribution < -0.4 is 10.6 Å². The van der Waals surface area contributed by atoms with Gasteiger partial charge in [-0.15, -0.1) is 0 Å². The average molecular weight is 390 g/mol. The highest BCUT2D eigenvalue weighted by molar-refractivity contribution is 5.96. The summed E-state index contributed by atoms with van der Waals surface area (Å²) in [5.74, 6) is 1.40. The molecule has 0 atom stereocenters. The molecule has 0 aliphatic rings. The van der Waals surface area contributed by atoms with Gasteiger partial charge in [0.1, 0.15) is 0 Å². The largest absolute Gasteiger partial charge is 0.337 e. The van der Waals surface area contributed by atoms with Gasteiger partial charge >= 0.3 is 0 Å². The number of aromatic nitrogens is 2. The summed E-state index contributed by atoms with van der Waals surface area (Å²) in [6.07, 6.45) is 0. The van der Waals surface area contributed by atoms with Crippen LogP contribution >= 0.6 is 0 Å². The molecule has 5 rings (SSSR count). The summed E-state index contributed by atoms with van der Waals surface area (Å²) in [6.45, 7) is 4.16. The third-order valence-corrected chi connectivity index (χ3v) is 5.09. The molecule has 2 N–H and O–H groups in total. The molecule has 0 bridgehead atoms. The van der Waals surface area contributed by atoms with E-state index >= 15 is 0 Å². The van der Waals surface area contributed by atoms with Crippen LogP contribution in [-0.2, 0) is 0 Å². The van der Waals surface area contributed by atoms with Gasteiger partial charge in [-0.05, 0) is 72.1 Å². The molecule has 4 aromatic carbocycles. The second kappa shape index (κ2) is 7.48. The van der Waals surface area contributed by atoms with Crippen LogP contribution in [0.4, 0.5) is 23.0 Å². The van der Waals surface area contributed by atoms with Gasteiger partial charge in [0.15, 0.2) is 11.6 Å². The monoisotopic (exact) mass is 390 g/mol. The SMILES string of the molecule is Cc1cccc(Nc2nc3cc4ccccc4cc3nc2Nc2cccc(C)c2)c1. The van der Waals surface area contributed by atoms with E-state index in [0.29, 0.717) is 11.6 Å². The van der Waals surface area contributed by atoms with Crippen LogP contribution in [0.1, 0.15) is 11.1 Å². The fourth-order valence-electron chi connectivity index (χ4n) is 3.64. The third kappa shape index (κ3) is 3.67. The molecule has 0 aliphatic heterocycles. The maximum Gasteiger partial charge on any atom is 0.174 e. The van der Waals surface area contributed by atoms with Gasteiger partial charge in [0.2, 0.25) is 0 Å². The van der Waals surface area contributed by atoms with E-state index in [2.05, 4.69) is 73.0 Å². The minimum absolute atomic E-state index is 0.699. The van der Waals surface area contributed by atoms with Crippen LogP contribution in [0.25, 0.3) is 21.8 Å². The van der Waals surface area contributed by atoms with Crippen LogP contribution in [0, 0.1) is 13.8 Å². The van der Waals surface area contributed by atoms with Crippen molar-refractivity contribution in [1.29, 1.82) is 0 Å². The Morgan fingerprint density at radius 2 is 1.00 bits per heavy atom. The van der Waals surface area contributed by atoms with E-state index in [4.69, 9.17) is 9.97 Å². The standard InChI is InChI=1S/C26H22N4/c1-17-7-5-11-21(13-17)27-25-26(28-22-12-6-8-18(2)14-22)30-24-16-20-10-4-3-9-19(20)15-23(24)29-25/h3-16H,1-2H3,(H,27,29)(H,28,30). The molecule has 0 radical (unpaired) electrons. The van der Waals surface area contributed by atoms with Gasteiger partial charge in [-0.1, -0.05) is 48.5 Å². The molecule has 0 amide bonds. The first kappa shape index (κ1) is 18.1. The predicted molar refractivity (Wildman–Crippen MR) is 126 cm³/mol. The first-order valence-corrected chi connectivity index (χ1v) is 10.0. The Bertz CT molecular complexity index is 1270. The molecular formula is C26H22N4. The van der Waals surface area contributed by atoms with E-state index in [1.54, 1.807) is 0 Å². The number of hydrogen-bond donors (Lipinski definition) is 2. The zero-order valence-corrected chi connectivity index (χ0v) is 17.0. The molecule has 0 spiro atoms. The molecule has 1 heterocycles. The first-order chi connectivity index (χ1) is 14.6. The van der Waals surface area contributed by atoms with E-state index in [1.165, 1.54) is 11.1 Å². The zero-order chi connectivity index (χ0) is 20.5. The van der Waals surface area contributed by atoms with Gasteiger partial charge < -0.3 is 10.6 Å². The maximum absolute atomic E-state index is 4.93. The molecule has 146 valence electrons. The van der Waals surface area contributed by atoms with Crippen LogP contribution in [-0.4, -0.2) is 9.97 Å². The molecular weight excluding hydrogens is 368 g/mol. The molecule has 30 heavy (non-hydrogen) atoms. The first-order valence-electron chi connectivity index (χ1n) is 10.0.